The van der Waals surface area contributed by atoms with Crippen LogP contribution in [0.4, 0.5) is 5.95 Å². The molecule has 76 valence electrons. The minimum Gasteiger partial charge on any atom is -0.348 e. The zero-order valence-corrected chi connectivity index (χ0v) is 8.45. The molecule has 1 aliphatic rings. The van der Waals surface area contributed by atoms with Gasteiger partial charge in [0.15, 0.2) is 0 Å². The summed E-state index contributed by atoms with van der Waals surface area (Å²) in [6.07, 6.45) is 7.13. The van der Waals surface area contributed by atoms with Gasteiger partial charge in [-0.2, -0.15) is 0 Å². The first kappa shape index (κ1) is 9.40. The summed E-state index contributed by atoms with van der Waals surface area (Å²) in [5.74, 6) is 0.695. The van der Waals surface area contributed by atoms with Crippen molar-refractivity contribution in [3.05, 3.63) is 18.0 Å². The molecule has 1 aliphatic carbocycles. The zero-order chi connectivity index (χ0) is 10.0. The molecular weight excluding hydrogens is 176 g/mol. The van der Waals surface area contributed by atoms with E-state index in [1.54, 1.807) is 0 Å². The predicted octanol–water partition coefficient (Wildman–Crippen LogP) is 1.08. The number of aryl methyl sites for hydroxylation is 1. The SMILES string of the molecule is Cc1cnc(NC2(CN)CCC2)nc1. The molecule has 4 nitrogen and oxygen atoms in total. The highest BCUT2D eigenvalue weighted by Crippen LogP contribution is 2.33. The molecule has 0 amide bonds. The Morgan fingerprint density at radius 3 is 2.50 bits per heavy atom. The maximum Gasteiger partial charge on any atom is 0.223 e. The number of nitrogens with one attached hydrogen (secondary N) is 1. The van der Waals surface area contributed by atoms with Crippen molar-refractivity contribution in [2.45, 2.75) is 31.7 Å². The average Bonchev–Trinajstić information content (AvgIpc) is 2.15. The van der Waals surface area contributed by atoms with Gasteiger partial charge in [-0.3, -0.25) is 0 Å². The molecule has 0 atom stereocenters. The quantitative estimate of drug-likeness (QED) is 0.752. The molecule has 4 heteroatoms. The van der Waals surface area contributed by atoms with Crippen molar-refractivity contribution in [2.75, 3.05) is 11.9 Å². The van der Waals surface area contributed by atoms with Gasteiger partial charge in [0, 0.05) is 18.9 Å². The largest absolute Gasteiger partial charge is 0.348 e. The fourth-order valence-corrected chi connectivity index (χ4v) is 1.68. The van der Waals surface area contributed by atoms with Crippen molar-refractivity contribution in [1.29, 1.82) is 0 Å². The number of nitrogens with two attached hydrogens (primary N) is 1. The van der Waals surface area contributed by atoms with Crippen LogP contribution in [-0.2, 0) is 0 Å². The Labute approximate surface area is 83.9 Å². The van der Waals surface area contributed by atoms with Crippen LogP contribution in [0.2, 0.25) is 0 Å². The van der Waals surface area contributed by atoms with E-state index in [1.165, 1.54) is 6.42 Å². The summed E-state index contributed by atoms with van der Waals surface area (Å²) in [5, 5.41) is 3.32. The number of rotatable bonds is 3. The van der Waals surface area contributed by atoms with Gasteiger partial charge >= 0.3 is 0 Å². The van der Waals surface area contributed by atoms with E-state index in [4.69, 9.17) is 5.73 Å². The van der Waals surface area contributed by atoms with Crippen molar-refractivity contribution in [2.24, 2.45) is 5.73 Å². The molecular formula is C10H16N4. The lowest BCUT2D eigenvalue weighted by atomic mass is 9.77. The molecule has 1 fully saturated rings. The molecule has 0 spiro atoms. The lowest BCUT2D eigenvalue weighted by molar-refractivity contribution is 0.285. The average molecular weight is 192 g/mol. The first-order valence-electron chi connectivity index (χ1n) is 5.01. The molecule has 0 bridgehead atoms. The summed E-state index contributed by atoms with van der Waals surface area (Å²) in [6.45, 7) is 2.63. The van der Waals surface area contributed by atoms with Gasteiger partial charge in [0.05, 0.1) is 5.54 Å². The van der Waals surface area contributed by atoms with Gasteiger partial charge in [-0.15, -0.1) is 0 Å². The van der Waals surface area contributed by atoms with Gasteiger partial charge in [-0.1, -0.05) is 0 Å². The molecule has 14 heavy (non-hydrogen) atoms. The Bertz CT molecular complexity index is 297. The highest BCUT2D eigenvalue weighted by molar-refractivity contribution is 5.31. The summed E-state index contributed by atoms with van der Waals surface area (Å²) in [4.78, 5) is 8.43. The van der Waals surface area contributed by atoms with Crippen molar-refractivity contribution in [3.63, 3.8) is 0 Å². The van der Waals surface area contributed by atoms with E-state index in [0.717, 1.165) is 18.4 Å². The molecule has 0 unspecified atom stereocenters. The Kier molecular flexibility index (Phi) is 2.37. The van der Waals surface area contributed by atoms with Crippen LogP contribution in [-0.4, -0.2) is 22.1 Å². The van der Waals surface area contributed by atoms with Crippen molar-refractivity contribution in [1.82, 2.24) is 9.97 Å². The highest BCUT2D eigenvalue weighted by Gasteiger charge is 2.35. The van der Waals surface area contributed by atoms with Crippen LogP contribution in [0.1, 0.15) is 24.8 Å². The van der Waals surface area contributed by atoms with E-state index in [-0.39, 0.29) is 5.54 Å². The van der Waals surface area contributed by atoms with Gasteiger partial charge in [0.1, 0.15) is 0 Å². The number of aromatic nitrogens is 2. The van der Waals surface area contributed by atoms with Crippen LogP contribution in [0.15, 0.2) is 12.4 Å². The third-order valence-corrected chi connectivity index (χ3v) is 2.86. The fourth-order valence-electron chi connectivity index (χ4n) is 1.68. The molecule has 1 aromatic rings. The Hall–Kier alpha value is -1.16. The number of hydrogen-bond donors (Lipinski definition) is 2. The highest BCUT2D eigenvalue weighted by atomic mass is 15.2. The molecule has 0 radical (unpaired) electrons. The van der Waals surface area contributed by atoms with Gasteiger partial charge in [0.25, 0.3) is 0 Å². The predicted molar refractivity (Wildman–Crippen MR) is 56.0 cm³/mol. The normalized spacial score (nSPS) is 18.7. The zero-order valence-electron chi connectivity index (χ0n) is 8.45. The minimum absolute atomic E-state index is 0.0647. The van der Waals surface area contributed by atoms with E-state index < -0.39 is 0 Å². The van der Waals surface area contributed by atoms with Crippen molar-refractivity contribution in [3.8, 4) is 0 Å². The van der Waals surface area contributed by atoms with Crippen LogP contribution in [0.25, 0.3) is 0 Å². The van der Waals surface area contributed by atoms with Crippen LogP contribution in [0, 0.1) is 6.92 Å². The Morgan fingerprint density at radius 2 is 2.07 bits per heavy atom. The van der Waals surface area contributed by atoms with E-state index >= 15 is 0 Å². The molecule has 1 saturated carbocycles. The monoisotopic (exact) mass is 192 g/mol. The van der Waals surface area contributed by atoms with Crippen molar-refractivity contribution >= 4 is 5.95 Å². The Morgan fingerprint density at radius 1 is 1.43 bits per heavy atom. The summed E-state index contributed by atoms with van der Waals surface area (Å²) in [6, 6.07) is 0. The standard InChI is InChI=1S/C10H16N4/c1-8-5-12-9(13-6-8)14-10(7-11)3-2-4-10/h5-6H,2-4,7,11H2,1H3,(H,12,13,14). The lowest BCUT2D eigenvalue weighted by Crippen LogP contribution is -2.51. The maximum absolute atomic E-state index is 5.73. The lowest BCUT2D eigenvalue weighted by Gasteiger charge is -2.41. The summed E-state index contributed by atoms with van der Waals surface area (Å²) < 4.78 is 0. The van der Waals surface area contributed by atoms with Crippen molar-refractivity contribution < 1.29 is 0 Å². The van der Waals surface area contributed by atoms with Gasteiger partial charge in [-0.25, -0.2) is 9.97 Å². The number of nitrogens with zero attached hydrogens (tertiary/aromatic N) is 2. The Balaban J connectivity index is 2.06. The molecule has 1 heterocycles. The van der Waals surface area contributed by atoms with Gasteiger partial charge in [-0.05, 0) is 31.7 Å². The van der Waals surface area contributed by atoms with Crippen LogP contribution in [0.3, 0.4) is 0 Å². The molecule has 0 aliphatic heterocycles. The van der Waals surface area contributed by atoms with Gasteiger partial charge in [0.2, 0.25) is 5.95 Å². The summed E-state index contributed by atoms with van der Waals surface area (Å²) in [7, 11) is 0. The van der Waals surface area contributed by atoms with Crippen LogP contribution < -0.4 is 11.1 Å². The number of anilines is 1. The smallest absolute Gasteiger partial charge is 0.223 e. The topological polar surface area (TPSA) is 63.8 Å². The van der Waals surface area contributed by atoms with E-state index in [9.17, 15) is 0 Å². The van der Waals surface area contributed by atoms with Crippen LogP contribution >= 0.6 is 0 Å². The van der Waals surface area contributed by atoms with Crippen LogP contribution in [0.5, 0.6) is 0 Å². The third-order valence-electron chi connectivity index (χ3n) is 2.86. The molecule has 1 aromatic heterocycles. The molecule has 2 rings (SSSR count). The molecule has 3 N–H and O–H groups in total. The first-order chi connectivity index (χ1) is 6.74. The summed E-state index contributed by atoms with van der Waals surface area (Å²) in [5.41, 5.74) is 6.87. The van der Waals surface area contributed by atoms with E-state index in [2.05, 4.69) is 15.3 Å². The summed E-state index contributed by atoms with van der Waals surface area (Å²) >= 11 is 0. The molecule has 0 aromatic carbocycles. The van der Waals surface area contributed by atoms with Gasteiger partial charge < -0.3 is 11.1 Å². The minimum atomic E-state index is 0.0647. The first-order valence-corrected chi connectivity index (χ1v) is 5.01. The second-order valence-electron chi connectivity index (χ2n) is 4.05. The number of hydrogen-bond acceptors (Lipinski definition) is 4. The second-order valence-corrected chi connectivity index (χ2v) is 4.05. The second kappa shape index (κ2) is 3.53. The maximum atomic E-state index is 5.73. The van der Waals surface area contributed by atoms with E-state index in [1.807, 2.05) is 19.3 Å². The third kappa shape index (κ3) is 1.70. The molecule has 0 saturated heterocycles. The fraction of sp³-hybridized carbons (Fsp3) is 0.600. The van der Waals surface area contributed by atoms with E-state index in [0.29, 0.717) is 12.5 Å².